The number of benzene rings is 3. The molecular formula is C29H33ClN2O. The quantitative estimate of drug-likeness (QED) is 0.390. The number of halogens is 1. The molecule has 1 aliphatic rings. The van der Waals surface area contributed by atoms with E-state index in [1.165, 1.54) is 22.3 Å². The van der Waals surface area contributed by atoms with Crippen LogP contribution in [-0.4, -0.2) is 40.8 Å². The topological polar surface area (TPSA) is 23.6 Å². The summed E-state index contributed by atoms with van der Waals surface area (Å²) in [6, 6.07) is 25.9. The Labute approximate surface area is 203 Å². The molecule has 0 bridgehead atoms. The number of nitrogens with zero attached hydrogens (tertiary/aromatic N) is 2. The molecule has 0 saturated carbocycles. The summed E-state index contributed by atoms with van der Waals surface area (Å²) < 4.78 is 0. The van der Waals surface area contributed by atoms with Gasteiger partial charge in [-0.3, -0.25) is 14.6 Å². The summed E-state index contributed by atoms with van der Waals surface area (Å²) in [6.07, 6.45) is 0. The lowest BCUT2D eigenvalue weighted by Gasteiger charge is -2.48. The zero-order valence-corrected chi connectivity index (χ0v) is 20.7. The Morgan fingerprint density at radius 3 is 2.33 bits per heavy atom. The standard InChI is InChI=1S/C29H33ClN2O/c1-20-8-5-11-26(14-20)29(27-12-7-10-25(16-27)23(4)33)32-18-21(2)31(17-22(32)3)19-24-9-6-13-28(30)15-24/h5-16,21-22,29H,17-19H2,1-4H3. The van der Waals surface area contributed by atoms with Crippen LogP contribution in [0.15, 0.2) is 72.8 Å². The van der Waals surface area contributed by atoms with Crippen molar-refractivity contribution in [3.8, 4) is 0 Å². The second-order valence-electron chi connectivity index (χ2n) is 9.45. The summed E-state index contributed by atoms with van der Waals surface area (Å²) in [5.74, 6) is 0.104. The SMILES string of the molecule is CC(=O)c1cccc(C(c2cccc(C)c2)N2CC(C)N(Cc3cccc(Cl)c3)CC2C)c1. The number of hydrogen-bond donors (Lipinski definition) is 0. The summed E-state index contributed by atoms with van der Waals surface area (Å²) in [5.41, 5.74) is 5.72. The molecule has 4 heteroatoms. The number of carbonyl (C=O) groups is 1. The highest BCUT2D eigenvalue weighted by molar-refractivity contribution is 6.30. The molecule has 3 nitrogen and oxygen atoms in total. The lowest BCUT2D eigenvalue weighted by atomic mass is 9.91. The van der Waals surface area contributed by atoms with Gasteiger partial charge in [-0.15, -0.1) is 0 Å². The molecule has 3 atom stereocenters. The van der Waals surface area contributed by atoms with Crippen LogP contribution in [0.25, 0.3) is 0 Å². The largest absolute Gasteiger partial charge is 0.295 e. The Kier molecular flexibility index (Phi) is 7.33. The van der Waals surface area contributed by atoms with E-state index in [2.05, 4.69) is 79.1 Å². The Hall–Kier alpha value is -2.46. The van der Waals surface area contributed by atoms with Crippen LogP contribution in [0.3, 0.4) is 0 Å². The van der Waals surface area contributed by atoms with Crippen LogP contribution in [0, 0.1) is 6.92 Å². The monoisotopic (exact) mass is 460 g/mol. The maximum absolute atomic E-state index is 12.1. The first-order chi connectivity index (χ1) is 15.8. The van der Waals surface area contributed by atoms with Crippen molar-refractivity contribution in [1.82, 2.24) is 9.80 Å². The molecule has 1 saturated heterocycles. The van der Waals surface area contributed by atoms with E-state index >= 15 is 0 Å². The van der Waals surface area contributed by atoms with Crippen molar-refractivity contribution in [2.75, 3.05) is 13.1 Å². The first-order valence-electron chi connectivity index (χ1n) is 11.7. The predicted octanol–water partition coefficient (Wildman–Crippen LogP) is 6.54. The highest BCUT2D eigenvalue weighted by Crippen LogP contribution is 2.34. The van der Waals surface area contributed by atoms with Crippen LogP contribution in [0.1, 0.15) is 59.4 Å². The third-order valence-electron chi connectivity index (χ3n) is 6.74. The Morgan fingerprint density at radius 1 is 0.939 bits per heavy atom. The van der Waals surface area contributed by atoms with E-state index in [1.54, 1.807) is 6.92 Å². The van der Waals surface area contributed by atoms with Gasteiger partial charge >= 0.3 is 0 Å². The van der Waals surface area contributed by atoms with E-state index in [0.717, 1.165) is 30.2 Å². The molecular weight excluding hydrogens is 428 g/mol. The first-order valence-corrected chi connectivity index (χ1v) is 12.1. The van der Waals surface area contributed by atoms with Gasteiger partial charge in [0.05, 0.1) is 6.04 Å². The third kappa shape index (κ3) is 5.55. The van der Waals surface area contributed by atoms with Gasteiger partial charge in [0.25, 0.3) is 0 Å². The van der Waals surface area contributed by atoms with Crippen LogP contribution >= 0.6 is 11.6 Å². The molecule has 1 aliphatic heterocycles. The molecule has 0 aliphatic carbocycles. The summed E-state index contributed by atoms with van der Waals surface area (Å²) in [7, 11) is 0. The maximum atomic E-state index is 12.1. The minimum absolute atomic E-state index is 0.104. The highest BCUT2D eigenvalue weighted by atomic mass is 35.5. The molecule has 0 aromatic heterocycles. The molecule has 4 rings (SSSR count). The molecule has 0 N–H and O–H groups in total. The Balaban J connectivity index is 1.65. The summed E-state index contributed by atoms with van der Waals surface area (Å²) in [6.45, 7) is 11.2. The molecule has 172 valence electrons. The van der Waals surface area contributed by atoms with Crippen molar-refractivity contribution in [2.24, 2.45) is 0 Å². The Morgan fingerprint density at radius 2 is 1.64 bits per heavy atom. The van der Waals surface area contributed by atoms with Crippen molar-refractivity contribution >= 4 is 17.4 Å². The van der Waals surface area contributed by atoms with Gasteiger partial charge < -0.3 is 0 Å². The van der Waals surface area contributed by atoms with Gasteiger partial charge in [0.1, 0.15) is 0 Å². The van der Waals surface area contributed by atoms with Gasteiger partial charge in [0.15, 0.2) is 5.78 Å². The van der Waals surface area contributed by atoms with Crippen molar-refractivity contribution in [3.05, 3.63) is 106 Å². The van der Waals surface area contributed by atoms with Crippen LogP contribution in [0.2, 0.25) is 5.02 Å². The van der Waals surface area contributed by atoms with E-state index in [4.69, 9.17) is 11.6 Å². The van der Waals surface area contributed by atoms with E-state index in [-0.39, 0.29) is 11.8 Å². The molecule has 0 amide bonds. The third-order valence-corrected chi connectivity index (χ3v) is 6.97. The van der Waals surface area contributed by atoms with E-state index < -0.39 is 0 Å². The summed E-state index contributed by atoms with van der Waals surface area (Å²) in [4.78, 5) is 17.3. The minimum atomic E-state index is 0.104. The number of Topliss-reactive ketones (excluding diaryl/α,β-unsaturated/α-hetero) is 1. The normalized spacial score (nSPS) is 20.5. The Bertz CT molecular complexity index is 1130. The first kappa shape index (κ1) is 23.7. The lowest BCUT2D eigenvalue weighted by molar-refractivity contribution is 0.0195. The van der Waals surface area contributed by atoms with Crippen LogP contribution in [0.5, 0.6) is 0 Å². The number of ketones is 1. The average molecular weight is 461 g/mol. The molecule has 3 unspecified atom stereocenters. The average Bonchev–Trinajstić information content (AvgIpc) is 2.77. The van der Waals surface area contributed by atoms with Crippen molar-refractivity contribution in [2.45, 2.75) is 52.4 Å². The molecule has 33 heavy (non-hydrogen) atoms. The number of carbonyl (C=O) groups excluding carboxylic acids is 1. The van der Waals surface area contributed by atoms with E-state index in [9.17, 15) is 4.79 Å². The predicted molar refractivity (Wildman–Crippen MR) is 137 cm³/mol. The van der Waals surface area contributed by atoms with Crippen LogP contribution < -0.4 is 0 Å². The van der Waals surface area contributed by atoms with E-state index in [1.807, 2.05) is 24.3 Å². The fourth-order valence-corrected chi connectivity index (χ4v) is 5.23. The van der Waals surface area contributed by atoms with Gasteiger partial charge in [0.2, 0.25) is 0 Å². The molecule has 3 aromatic carbocycles. The molecule has 1 fully saturated rings. The van der Waals surface area contributed by atoms with Crippen LogP contribution in [-0.2, 0) is 6.54 Å². The number of piperazine rings is 1. The second-order valence-corrected chi connectivity index (χ2v) is 9.89. The van der Waals surface area contributed by atoms with Gasteiger partial charge in [0, 0.05) is 42.3 Å². The second kappa shape index (κ2) is 10.2. The van der Waals surface area contributed by atoms with Crippen molar-refractivity contribution < 1.29 is 4.79 Å². The van der Waals surface area contributed by atoms with Crippen molar-refractivity contribution in [1.29, 1.82) is 0 Å². The molecule has 1 heterocycles. The van der Waals surface area contributed by atoms with Gasteiger partial charge in [-0.2, -0.15) is 0 Å². The molecule has 3 aromatic rings. The maximum Gasteiger partial charge on any atom is 0.159 e. The molecule has 0 radical (unpaired) electrons. The van der Waals surface area contributed by atoms with Gasteiger partial charge in [-0.25, -0.2) is 0 Å². The fourth-order valence-electron chi connectivity index (χ4n) is 5.02. The van der Waals surface area contributed by atoms with E-state index in [0.29, 0.717) is 12.1 Å². The fraction of sp³-hybridized carbons (Fsp3) is 0.345. The zero-order chi connectivity index (χ0) is 23.5. The number of hydrogen-bond acceptors (Lipinski definition) is 3. The van der Waals surface area contributed by atoms with Crippen LogP contribution in [0.4, 0.5) is 0 Å². The summed E-state index contributed by atoms with van der Waals surface area (Å²) >= 11 is 6.22. The number of aryl methyl sites for hydroxylation is 1. The molecule has 0 spiro atoms. The van der Waals surface area contributed by atoms with Gasteiger partial charge in [-0.1, -0.05) is 71.8 Å². The number of rotatable bonds is 6. The minimum Gasteiger partial charge on any atom is -0.295 e. The smallest absolute Gasteiger partial charge is 0.159 e. The summed E-state index contributed by atoms with van der Waals surface area (Å²) in [5, 5.41) is 0.789. The van der Waals surface area contributed by atoms with Gasteiger partial charge in [-0.05, 0) is 62.6 Å². The zero-order valence-electron chi connectivity index (χ0n) is 20.0. The van der Waals surface area contributed by atoms with Crippen molar-refractivity contribution in [3.63, 3.8) is 0 Å². The highest BCUT2D eigenvalue weighted by Gasteiger charge is 2.35. The lowest BCUT2D eigenvalue weighted by Crippen LogP contribution is -2.56.